The third kappa shape index (κ3) is 3.59. The Hall–Kier alpha value is -1.22. The lowest BCUT2D eigenvalue weighted by Crippen LogP contribution is -2.70. The average Bonchev–Trinajstić information content (AvgIpc) is 3.19. The summed E-state index contributed by atoms with van der Waals surface area (Å²) in [6, 6.07) is 0. The van der Waals surface area contributed by atoms with Crippen molar-refractivity contribution < 1.29 is 33.6 Å². The monoisotopic (exact) mass is 437 g/mol. The topological polar surface area (TPSA) is 83.5 Å². The zero-order chi connectivity index (χ0) is 21.8. The van der Waals surface area contributed by atoms with Crippen molar-refractivity contribution in [3.8, 4) is 0 Å². The Morgan fingerprint density at radius 3 is 2.58 bits per heavy atom. The predicted molar refractivity (Wildman–Crippen MR) is 108 cm³/mol. The summed E-state index contributed by atoms with van der Waals surface area (Å²) in [5, 5.41) is 0. The SMILES string of the molecule is C[C@H]1[C@H](OC(=O)CCC(=O)N2CCCC2)O[C@@H]2O[C@@]3(C)CC[C@@H]4[C@H](C)CC[C@H]1[C@@]24OO3. The first-order chi connectivity index (χ1) is 14.8. The van der Waals surface area contributed by atoms with E-state index in [4.69, 9.17) is 24.0 Å². The fourth-order valence-corrected chi connectivity index (χ4v) is 6.53. The van der Waals surface area contributed by atoms with Gasteiger partial charge in [0.1, 0.15) is 0 Å². The molecule has 0 unspecified atom stereocenters. The van der Waals surface area contributed by atoms with E-state index in [1.54, 1.807) is 0 Å². The highest BCUT2D eigenvalue weighted by Gasteiger charge is 2.69. The number of likely N-dealkylation sites (tertiary alicyclic amines) is 1. The maximum absolute atomic E-state index is 12.6. The van der Waals surface area contributed by atoms with Crippen LogP contribution in [0, 0.1) is 23.7 Å². The summed E-state index contributed by atoms with van der Waals surface area (Å²) in [7, 11) is 0. The average molecular weight is 438 g/mol. The van der Waals surface area contributed by atoms with E-state index >= 15 is 0 Å². The Balaban J connectivity index is 1.28. The lowest BCUT2D eigenvalue weighted by molar-refractivity contribution is -0.576. The third-order valence-corrected chi connectivity index (χ3v) is 8.35. The summed E-state index contributed by atoms with van der Waals surface area (Å²) in [6.45, 7) is 7.78. The Kier molecular flexibility index (Phi) is 5.56. The Labute approximate surface area is 183 Å². The van der Waals surface area contributed by atoms with Gasteiger partial charge in [0.2, 0.25) is 18.0 Å². The minimum atomic E-state index is -0.852. The highest BCUT2D eigenvalue weighted by Crippen LogP contribution is 2.60. The zero-order valence-electron chi connectivity index (χ0n) is 18.8. The molecule has 0 aromatic carbocycles. The Morgan fingerprint density at radius 1 is 1.03 bits per heavy atom. The smallest absolute Gasteiger partial charge is 0.308 e. The van der Waals surface area contributed by atoms with Crippen LogP contribution in [0.4, 0.5) is 0 Å². The van der Waals surface area contributed by atoms with Crippen LogP contribution in [0.2, 0.25) is 0 Å². The van der Waals surface area contributed by atoms with E-state index in [-0.39, 0.29) is 36.5 Å². The van der Waals surface area contributed by atoms with Crippen LogP contribution < -0.4 is 0 Å². The minimum Gasteiger partial charge on any atom is -0.435 e. The highest BCUT2D eigenvalue weighted by atomic mass is 17.3. The maximum atomic E-state index is 12.6. The van der Waals surface area contributed by atoms with Gasteiger partial charge in [-0.2, -0.15) is 0 Å². The van der Waals surface area contributed by atoms with Crippen molar-refractivity contribution in [3.63, 3.8) is 0 Å². The molecule has 8 nitrogen and oxygen atoms in total. The molecule has 31 heavy (non-hydrogen) atoms. The van der Waals surface area contributed by atoms with Crippen LogP contribution in [-0.2, 0) is 33.6 Å². The summed E-state index contributed by atoms with van der Waals surface area (Å²) in [6.07, 6.45) is 4.74. The molecule has 1 amide bonds. The van der Waals surface area contributed by atoms with Crippen LogP contribution in [0.25, 0.3) is 0 Å². The second kappa shape index (κ2) is 7.97. The molecule has 1 aliphatic carbocycles. The van der Waals surface area contributed by atoms with Crippen molar-refractivity contribution in [2.75, 3.05) is 13.1 Å². The third-order valence-electron chi connectivity index (χ3n) is 8.35. The normalized spacial score (nSPS) is 46.4. The molecule has 5 aliphatic heterocycles. The number of carbonyl (C=O) groups is 2. The van der Waals surface area contributed by atoms with E-state index < -0.39 is 29.9 Å². The van der Waals surface area contributed by atoms with Crippen molar-refractivity contribution in [3.05, 3.63) is 0 Å². The van der Waals surface area contributed by atoms with Crippen molar-refractivity contribution >= 4 is 11.9 Å². The molecule has 2 bridgehead atoms. The van der Waals surface area contributed by atoms with Crippen LogP contribution in [0.3, 0.4) is 0 Å². The van der Waals surface area contributed by atoms with Gasteiger partial charge in [0.15, 0.2) is 11.9 Å². The molecule has 174 valence electrons. The fraction of sp³-hybridized carbons (Fsp3) is 0.913. The van der Waals surface area contributed by atoms with Crippen molar-refractivity contribution in [1.29, 1.82) is 0 Å². The molecule has 6 rings (SSSR count). The molecule has 0 aromatic rings. The summed E-state index contributed by atoms with van der Waals surface area (Å²) in [5.41, 5.74) is -0.665. The van der Waals surface area contributed by atoms with Crippen LogP contribution >= 0.6 is 0 Å². The van der Waals surface area contributed by atoms with Gasteiger partial charge in [-0.15, -0.1) is 0 Å². The van der Waals surface area contributed by atoms with E-state index in [9.17, 15) is 9.59 Å². The number of hydrogen-bond acceptors (Lipinski definition) is 7. The van der Waals surface area contributed by atoms with Gasteiger partial charge in [0.05, 0.1) is 6.42 Å². The van der Waals surface area contributed by atoms with Crippen LogP contribution in [-0.4, -0.2) is 53.8 Å². The number of ether oxygens (including phenoxy) is 3. The first-order valence-electron chi connectivity index (χ1n) is 12.0. The van der Waals surface area contributed by atoms with Gasteiger partial charge >= 0.3 is 5.97 Å². The molecule has 5 heterocycles. The lowest BCUT2D eigenvalue weighted by atomic mass is 9.58. The molecule has 6 aliphatic rings. The number of rotatable bonds is 4. The molecule has 0 radical (unpaired) electrons. The lowest BCUT2D eigenvalue weighted by Gasteiger charge is -2.59. The first-order valence-corrected chi connectivity index (χ1v) is 12.0. The number of amides is 1. The van der Waals surface area contributed by atoms with Crippen LogP contribution in [0.15, 0.2) is 0 Å². The highest BCUT2D eigenvalue weighted by molar-refractivity contribution is 5.81. The second-order valence-electron chi connectivity index (χ2n) is 10.4. The van der Waals surface area contributed by atoms with Gasteiger partial charge in [0, 0.05) is 37.8 Å². The van der Waals surface area contributed by atoms with Crippen LogP contribution in [0.5, 0.6) is 0 Å². The van der Waals surface area contributed by atoms with Gasteiger partial charge < -0.3 is 19.1 Å². The van der Waals surface area contributed by atoms with E-state index in [1.165, 1.54) is 0 Å². The fourth-order valence-electron chi connectivity index (χ4n) is 6.53. The van der Waals surface area contributed by atoms with Crippen molar-refractivity contribution in [2.45, 2.75) is 96.1 Å². The summed E-state index contributed by atoms with van der Waals surface area (Å²) in [5.74, 6) is -0.412. The summed E-state index contributed by atoms with van der Waals surface area (Å²) >= 11 is 0. The second-order valence-corrected chi connectivity index (χ2v) is 10.4. The zero-order valence-corrected chi connectivity index (χ0v) is 18.8. The Bertz CT molecular complexity index is 725. The van der Waals surface area contributed by atoms with Gasteiger partial charge in [-0.1, -0.05) is 13.8 Å². The number of hydrogen-bond donors (Lipinski definition) is 0. The Morgan fingerprint density at radius 2 is 1.81 bits per heavy atom. The summed E-state index contributed by atoms with van der Waals surface area (Å²) < 4.78 is 18.3. The molecule has 6 fully saturated rings. The quantitative estimate of drug-likeness (QED) is 0.493. The van der Waals surface area contributed by atoms with Crippen molar-refractivity contribution in [2.24, 2.45) is 23.7 Å². The predicted octanol–water partition coefficient (Wildman–Crippen LogP) is 3.14. The number of carbonyl (C=O) groups excluding carboxylic acids is 2. The molecule has 8 atom stereocenters. The van der Waals surface area contributed by atoms with Crippen LogP contribution in [0.1, 0.15) is 72.1 Å². The number of nitrogens with zero attached hydrogens (tertiary/aromatic N) is 1. The summed E-state index contributed by atoms with van der Waals surface area (Å²) in [4.78, 5) is 38.6. The molecule has 1 spiro atoms. The molecule has 0 aromatic heterocycles. The molecule has 5 saturated heterocycles. The molecule has 0 N–H and O–H groups in total. The minimum absolute atomic E-state index is 0.0259. The van der Waals surface area contributed by atoms with E-state index in [0.717, 1.165) is 51.6 Å². The standard InChI is InChI=1S/C23H35NO7/c1-14-6-7-17-15(2)20(27-19(26)9-8-18(25)24-12-4-5-13-24)28-21-23(17)16(14)10-11-22(3,29-21)30-31-23/h14-17,20-21H,4-13H2,1-3H3/t14-,15-,16-,17-,20-,21-,22-,23-/m1/s1. The largest absolute Gasteiger partial charge is 0.435 e. The molecule has 8 heteroatoms. The van der Waals surface area contributed by atoms with E-state index in [1.807, 2.05) is 11.8 Å². The van der Waals surface area contributed by atoms with E-state index in [0.29, 0.717) is 5.92 Å². The number of esters is 1. The molecular weight excluding hydrogens is 402 g/mol. The maximum Gasteiger partial charge on any atom is 0.308 e. The molecule has 1 saturated carbocycles. The molecular formula is C23H35NO7. The van der Waals surface area contributed by atoms with E-state index in [2.05, 4.69) is 13.8 Å². The first kappa shape index (κ1) is 21.6. The van der Waals surface area contributed by atoms with Gasteiger partial charge in [0.25, 0.3) is 0 Å². The van der Waals surface area contributed by atoms with Gasteiger partial charge in [-0.25, -0.2) is 9.78 Å². The number of fused-ring (bicyclic) bond motifs is 2. The van der Waals surface area contributed by atoms with Crippen molar-refractivity contribution in [1.82, 2.24) is 4.90 Å². The van der Waals surface area contributed by atoms with Gasteiger partial charge in [-0.3, -0.25) is 9.59 Å². The van der Waals surface area contributed by atoms with Gasteiger partial charge in [-0.05, 0) is 50.9 Å².